The van der Waals surface area contributed by atoms with Crippen molar-refractivity contribution >= 4 is 6.29 Å². The van der Waals surface area contributed by atoms with Crippen molar-refractivity contribution in [3.05, 3.63) is 35.6 Å². The molecule has 0 saturated heterocycles. The van der Waals surface area contributed by atoms with Crippen molar-refractivity contribution in [3.63, 3.8) is 0 Å². The van der Waals surface area contributed by atoms with Crippen molar-refractivity contribution in [3.8, 4) is 0 Å². The molecule has 0 bridgehead atoms. The Labute approximate surface area is 64.3 Å². The average molecular weight is 160 g/mol. The summed E-state index contributed by atoms with van der Waals surface area (Å²) in [4.78, 5) is 9.99. The van der Waals surface area contributed by atoms with Crippen LogP contribution in [0.1, 0.15) is 10.4 Å². The lowest BCUT2D eigenvalue weighted by molar-refractivity contribution is -0.00000904. The van der Waals surface area contributed by atoms with Crippen molar-refractivity contribution < 1.29 is 21.6 Å². The smallest absolute Gasteiger partial charge is 0.152 e. The summed E-state index contributed by atoms with van der Waals surface area (Å²) >= 11 is 0. The van der Waals surface area contributed by atoms with Crippen LogP contribution < -0.4 is 12.4 Å². The zero-order valence-corrected chi connectivity index (χ0v) is 5.81. The second kappa shape index (κ2) is 4.01. The van der Waals surface area contributed by atoms with E-state index in [4.69, 9.17) is 0 Å². The molecule has 1 aromatic carbocycles. The van der Waals surface area contributed by atoms with E-state index in [0.717, 1.165) is 0 Å². The Balaban J connectivity index is 0.000000810. The summed E-state index contributed by atoms with van der Waals surface area (Å²) in [5, 5.41) is 0. The second-order valence-electron chi connectivity index (χ2n) is 1.64. The maximum absolute atomic E-state index is 12.4. The molecule has 0 radical (unpaired) electrons. The quantitative estimate of drug-likeness (QED) is 0.463. The van der Waals surface area contributed by atoms with Crippen molar-refractivity contribution in [2.24, 2.45) is 0 Å². The minimum atomic E-state index is -0.465. The maximum atomic E-state index is 12.4. The van der Waals surface area contributed by atoms with Gasteiger partial charge in [0, 0.05) is 0 Å². The summed E-state index contributed by atoms with van der Waals surface area (Å²) in [6, 6.07) is 5.85. The van der Waals surface area contributed by atoms with Gasteiger partial charge in [0.2, 0.25) is 0 Å². The second-order valence-corrected chi connectivity index (χ2v) is 1.64. The molecule has 0 fully saturated rings. The minimum Gasteiger partial charge on any atom is -1.00 e. The molecule has 1 nitrogen and oxygen atoms in total. The van der Waals surface area contributed by atoms with E-state index >= 15 is 0 Å². The van der Waals surface area contributed by atoms with Gasteiger partial charge in [-0.1, -0.05) is 12.1 Å². The van der Waals surface area contributed by atoms with Crippen LogP contribution >= 0.6 is 0 Å². The lowest BCUT2D eigenvalue weighted by Crippen LogP contribution is -3.00. The number of hydrogen-bond donors (Lipinski definition) is 0. The van der Waals surface area contributed by atoms with Crippen molar-refractivity contribution in [2.75, 3.05) is 0 Å². The van der Waals surface area contributed by atoms with Crippen LogP contribution in [0.15, 0.2) is 24.3 Å². The Bertz CT molecular complexity index is 225. The van der Waals surface area contributed by atoms with Crippen LogP contribution in [0, 0.1) is 5.82 Å². The fraction of sp³-hybridized carbons (Fsp3) is 0. The van der Waals surface area contributed by atoms with Gasteiger partial charge in [0.05, 0.1) is 5.56 Å². The molecule has 0 heterocycles. The van der Waals surface area contributed by atoms with Gasteiger partial charge in [-0.25, -0.2) is 4.39 Å². The van der Waals surface area contributed by atoms with E-state index in [2.05, 4.69) is 0 Å². The van der Waals surface area contributed by atoms with Crippen molar-refractivity contribution in [2.45, 2.75) is 0 Å². The van der Waals surface area contributed by atoms with Gasteiger partial charge in [-0.3, -0.25) is 4.79 Å². The Kier molecular flexibility index (Phi) is 3.65. The molecule has 1 aromatic rings. The highest BCUT2D eigenvalue weighted by Gasteiger charge is 1.94. The molecule has 0 unspecified atom stereocenters. The maximum Gasteiger partial charge on any atom is 0.152 e. The summed E-state index contributed by atoms with van der Waals surface area (Å²) in [7, 11) is 0. The van der Waals surface area contributed by atoms with Gasteiger partial charge in [0.15, 0.2) is 6.29 Å². The van der Waals surface area contributed by atoms with E-state index in [1.807, 2.05) is 0 Å². The molecule has 0 saturated carbocycles. The molecule has 0 atom stereocenters. The van der Waals surface area contributed by atoms with E-state index in [9.17, 15) is 9.18 Å². The Morgan fingerprint density at radius 3 is 2.30 bits per heavy atom. The number of rotatable bonds is 1. The molecule has 0 spiro atoms. The van der Waals surface area contributed by atoms with Crippen LogP contribution in [0.4, 0.5) is 4.39 Å². The topological polar surface area (TPSA) is 17.1 Å². The Hall–Kier alpha value is -0.890. The zero-order valence-electron chi connectivity index (χ0n) is 5.05. The van der Waals surface area contributed by atoms with Crippen molar-refractivity contribution in [1.82, 2.24) is 0 Å². The van der Waals surface area contributed by atoms with E-state index in [0.29, 0.717) is 6.29 Å². The number of hydrogen-bond acceptors (Lipinski definition) is 1. The fourth-order valence-electron chi connectivity index (χ4n) is 0.571. The third kappa shape index (κ3) is 1.81. The first-order valence-corrected chi connectivity index (χ1v) is 2.54. The molecule has 0 aliphatic rings. The van der Waals surface area contributed by atoms with E-state index in [1.54, 1.807) is 12.1 Å². The molecule has 0 aromatic heterocycles. The number of halogens is 2. The molecular weight excluding hydrogens is 155 g/mol. The first-order valence-electron chi connectivity index (χ1n) is 2.54. The molecule has 0 aliphatic carbocycles. The fourth-order valence-corrected chi connectivity index (χ4v) is 0.571. The van der Waals surface area contributed by atoms with Crippen LogP contribution in [0.5, 0.6) is 0 Å². The third-order valence-electron chi connectivity index (χ3n) is 1.03. The molecule has 54 valence electrons. The Morgan fingerprint density at radius 2 is 1.90 bits per heavy atom. The molecule has 10 heavy (non-hydrogen) atoms. The number of benzene rings is 1. The summed E-state index contributed by atoms with van der Waals surface area (Å²) in [6.07, 6.45) is 0.495. The lowest BCUT2D eigenvalue weighted by Gasteiger charge is -1.88. The van der Waals surface area contributed by atoms with Crippen LogP contribution in [0.25, 0.3) is 0 Å². The number of carbonyl (C=O) groups excluding carboxylic acids is 1. The summed E-state index contributed by atoms with van der Waals surface area (Å²) < 4.78 is 12.4. The Morgan fingerprint density at radius 1 is 1.30 bits per heavy atom. The molecule has 0 amide bonds. The van der Waals surface area contributed by atoms with E-state index in [1.165, 1.54) is 12.1 Å². The summed E-state index contributed by atoms with van der Waals surface area (Å²) in [5.74, 6) is -0.465. The normalized spacial score (nSPS) is 8.10. The zero-order chi connectivity index (χ0) is 6.69. The van der Waals surface area contributed by atoms with Gasteiger partial charge < -0.3 is 12.4 Å². The SMILES string of the molecule is O=Cc1ccccc1F.[Cl-]. The van der Waals surface area contributed by atoms with Crippen LogP contribution in [0.3, 0.4) is 0 Å². The van der Waals surface area contributed by atoms with Gasteiger partial charge in [-0.05, 0) is 12.1 Å². The average Bonchev–Trinajstić information content (AvgIpc) is 1.89. The van der Waals surface area contributed by atoms with Crippen LogP contribution in [-0.2, 0) is 0 Å². The largest absolute Gasteiger partial charge is 1.00 e. The van der Waals surface area contributed by atoms with Gasteiger partial charge in [0.1, 0.15) is 5.82 Å². The predicted molar refractivity (Wildman–Crippen MR) is 31.8 cm³/mol. The molecule has 0 N–H and O–H groups in total. The number of aldehydes is 1. The van der Waals surface area contributed by atoms with Gasteiger partial charge >= 0.3 is 0 Å². The third-order valence-corrected chi connectivity index (χ3v) is 1.03. The molecule has 1 rings (SSSR count). The molecule has 0 aliphatic heterocycles. The summed E-state index contributed by atoms with van der Waals surface area (Å²) in [6.45, 7) is 0. The van der Waals surface area contributed by atoms with Crippen molar-refractivity contribution in [1.29, 1.82) is 0 Å². The monoisotopic (exact) mass is 159 g/mol. The van der Waals surface area contributed by atoms with Gasteiger partial charge in [-0.2, -0.15) is 0 Å². The summed E-state index contributed by atoms with van der Waals surface area (Å²) in [5.41, 5.74) is 0.109. The van der Waals surface area contributed by atoms with E-state index < -0.39 is 5.82 Å². The van der Waals surface area contributed by atoms with E-state index in [-0.39, 0.29) is 18.0 Å². The molecule has 3 heteroatoms. The highest BCUT2D eigenvalue weighted by molar-refractivity contribution is 5.74. The minimum absolute atomic E-state index is 0. The van der Waals surface area contributed by atoms with Crippen LogP contribution in [-0.4, -0.2) is 6.29 Å². The first kappa shape index (κ1) is 9.11. The highest BCUT2D eigenvalue weighted by atomic mass is 35.5. The first-order chi connectivity index (χ1) is 4.34. The number of carbonyl (C=O) groups is 1. The predicted octanol–water partition coefficient (Wildman–Crippen LogP) is -1.36. The standard InChI is InChI=1S/C7H5FO.ClH/c8-7-4-2-1-3-6(7)5-9;/h1-5H;1H/p-1. The van der Waals surface area contributed by atoms with Gasteiger partial charge in [0.25, 0.3) is 0 Å². The van der Waals surface area contributed by atoms with Crippen LogP contribution in [0.2, 0.25) is 0 Å². The highest BCUT2D eigenvalue weighted by Crippen LogP contribution is 2.01. The molecular formula is C7H5ClFO-. The lowest BCUT2D eigenvalue weighted by atomic mass is 10.2. The van der Waals surface area contributed by atoms with Gasteiger partial charge in [-0.15, -0.1) is 0 Å².